The second-order valence-electron chi connectivity index (χ2n) is 12.1. The quantitative estimate of drug-likeness (QED) is 0.209. The van der Waals surface area contributed by atoms with Gasteiger partial charge in [-0.15, -0.1) is 0 Å². The van der Waals surface area contributed by atoms with Gasteiger partial charge >= 0.3 is 0 Å². The summed E-state index contributed by atoms with van der Waals surface area (Å²) >= 11 is 0. The zero-order valence-corrected chi connectivity index (χ0v) is 24.1. The number of rotatable bonds is 3. The van der Waals surface area contributed by atoms with Crippen LogP contribution in [0.1, 0.15) is 11.5 Å². The molecule has 8 aromatic rings. The smallest absolute Gasteiger partial charge is 0.0629 e. The van der Waals surface area contributed by atoms with Gasteiger partial charge in [0.25, 0.3) is 0 Å². The molecule has 6 aromatic carbocycles. The summed E-state index contributed by atoms with van der Waals surface area (Å²) in [6, 6.07) is 49.5. The standard InChI is InChI=1S/C42H28N2/c1-2-11-27(12-3-1)28-13-10-14-31(23-28)43-38-18-7-4-15-32(38)35-24-29(21-22-41(35)43)30-25-36-33-16-5-8-19-39(33)44-40-20-9-6-17-34(40)37(26-30)42(36)44/h1-26,32,38H. The second-order valence-corrected chi connectivity index (χ2v) is 12.1. The molecule has 2 unspecified atom stereocenters. The third-order valence-corrected chi connectivity index (χ3v) is 9.82. The molecule has 0 bridgehead atoms. The van der Waals surface area contributed by atoms with E-state index in [1.807, 2.05) is 0 Å². The highest BCUT2D eigenvalue weighted by Crippen LogP contribution is 2.50. The Hall–Kier alpha value is -5.60. The van der Waals surface area contributed by atoms with Crippen LogP contribution in [0.5, 0.6) is 0 Å². The Bertz CT molecular complexity index is 2380. The molecule has 2 aliphatic rings. The second kappa shape index (κ2) is 8.95. The average Bonchev–Trinajstić information content (AvgIpc) is 3.73. The van der Waals surface area contributed by atoms with Gasteiger partial charge < -0.3 is 9.30 Å². The van der Waals surface area contributed by atoms with E-state index in [0.29, 0.717) is 5.92 Å². The molecule has 10 rings (SSSR count). The number of allylic oxidation sites excluding steroid dienone is 2. The van der Waals surface area contributed by atoms with Gasteiger partial charge in [0.2, 0.25) is 0 Å². The number of nitrogens with zero attached hydrogens (tertiary/aromatic N) is 2. The van der Waals surface area contributed by atoms with Gasteiger partial charge in [-0.3, -0.25) is 0 Å². The van der Waals surface area contributed by atoms with Crippen molar-refractivity contribution in [3.63, 3.8) is 0 Å². The monoisotopic (exact) mass is 560 g/mol. The maximum atomic E-state index is 2.53. The summed E-state index contributed by atoms with van der Waals surface area (Å²) < 4.78 is 2.45. The molecule has 0 fully saturated rings. The fraction of sp³-hybridized carbons (Fsp3) is 0.0476. The average molecular weight is 561 g/mol. The van der Waals surface area contributed by atoms with Gasteiger partial charge in [-0.1, -0.05) is 109 Å². The van der Waals surface area contributed by atoms with E-state index in [9.17, 15) is 0 Å². The third-order valence-electron chi connectivity index (χ3n) is 9.82. The lowest BCUT2D eigenvalue weighted by atomic mass is 9.89. The van der Waals surface area contributed by atoms with Crippen molar-refractivity contribution >= 4 is 49.5 Å². The number of hydrogen-bond donors (Lipinski definition) is 0. The van der Waals surface area contributed by atoms with Gasteiger partial charge in [-0.05, 0) is 76.3 Å². The lowest BCUT2D eigenvalue weighted by molar-refractivity contribution is 0.745. The van der Waals surface area contributed by atoms with Crippen molar-refractivity contribution in [1.82, 2.24) is 4.40 Å². The highest BCUT2D eigenvalue weighted by molar-refractivity contribution is 6.24. The Morgan fingerprint density at radius 2 is 1.11 bits per heavy atom. The first-order valence-corrected chi connectivity index (χ1v) is 15.4. The van der Waals surface area contributed by atoms with Gasteiger partial charge in [0.15, 0.2) is 0 Å². The van der Waals surface area contributed by atoms with E-state index in [1.54, 1.807) is 0 Å². The van der Waals surface area contributed by atoms with Gasteiger partial charge in [-0.25, -0.2) is 0 Å². The molecule has 1 aliphatic carbocycles. The predicted octanol–water partition coefficient (Wildman–Crippen LogP) is 10.9. The van der Waals surface area contributed by atoms with Crippen LogP contribution in [0.15, 0.2) is 158 Å². The lowest BCUT2D eigenvalue weighted by Crippen LogP contribution is -2.28. The van der Waals surface area contributed by atoms with Crippen LogP contribution in [0.25, 0.3) is 60.3 Å². The molecule has 0 spiro atoms. The summed E-state index contributed by atoms with van der Waals surface area (Å²) in [5.41, 5.74) is 12.8. The molecule has 2 aromatic heterocycles. The molecule has 0 saturated carbocycles. The number of para-hydroxylation sites is 2. The van der Waals surface area contributed by atoms with Crippen LogP contribution >= 0.6 is 0 Å². The molecule has 0 saturated heterocycles. The van der Waals surface area contributed by atoms with Crippen molar-refractivity contribution < 1.29 is 0 Å². The lowest BCUT2D eigenvalue weighted by Gasteiger charge is -2.29. The first-order valence-electron chi connectivity index (χ1n) is 15.4. The largest absolute Gasteiger partial charge is 0.333 e. The Labute approximate surface area is 255 Å². The highest BCUT2D eigenvalue weighted by atomic mass is 15.2. The van der Waals surface area contributed by atoms with Gasteiger partial charge in [0, 0.05) is 38.8 Å². The van der Waals surface area contributed by atoms with E-state index in [-0.39, 0.29) is 6.04 Å². The number of fused-ring (bicyclic) bond motifs is 9. The fourth-order valence-corrected chi connectivity index (χ4v) is 7.90. The molecular formula is C42H28N2. The van der Waals surface area contributed by atoms with Crippen LogP contribution in [0, 0.1) is 0 Å². The molecule has 3 heterocycles. The van der Waals surface area contributed by atoms with E-state index in [2.05, 4.69) is 167 Å². The van der Waals surface area contributed by atoms with Crippen molar-refractivity contribution in [2.45, 2.75) is 12.0 Å². The number of anilines is 2. The maximum Gasteiger partial charge on any atom is 0.0629 e. The van der Waals surface area contributed by atoms with Crippen molar-refractivity contribution in [1.29, 1.82) is 0 Å². The molecule has 0 amide bonds. The number of benzene rings is 6. The minimum Gasteiger partial charge on any atom is -0.333 e. The third kappa shape index (κ3) is 3.25. The van der Waals surface area contributed by atoms with Crippen LogP contribution in [0.3, 0.4) is 0 Å². The summed E-state index contributed by atoms with van der Waals surface area (Å²) in [6.45, 7) is 0. The van der Waals surface area contributed by atoms with Crippen LogP contribution in [-0.2, 0) is 0 Å². The molecule has 2 heteroatoms. The van der Waals surface area contributed by atoms with Crippen LogP contribution in [-0.4, -0.2) is 10.4 Å². The van der Waals surface area contributed by atoms with Gasteiger partial charge in [0.1, 0.15) is 0 Å². The summed E-state index contributed by atoms with van der Waals surface area (Å²) in [4.78, 5) is 2.53. The van der Waals surface area contributed by atoms with Crippen molar-refractivity contribution in [3.8, 4) is 22.3 Å². The summed E-state index contributed by atoms with van der Waals surface area (Å²) in [5, 5.41) is 5.27. The van der Waals surface area contributed by atoms with E-state index >= 15 is 0 Å². The fourth-order valence-electron chi connectivity index (χ4n) is 7.90. The Morgan fingerprint density at radius 3 is 1.89 bits per heavy atom. The van der Waals surface area contributed by atoms with E-state index in [0.717, 1.165) is 0 Å². The molecule has 0 radical (unpaired) electrons. The summed E-state index contributed by atoms with van der Waals surface area (Å²) in [6.07, 6.45) is 9.14. The number of hydrogen-bond acceptors (Lipinski definition) is 1. The summed E-state index contributed by atoms with van der Waals surface area (Å²) in [7, 11) is 0. The van der Waals surface area contributed by atoms with Crippen LogP contribution < -0.4 is 4.90 Å². The van der Waals surface area contributed by atoms with Crippen molar-refractivity contribution in [2.75, 3.05) is 4.90 Å². The molecular weight excluding hydrogens is 532 g/mol. The van der Waals surface area contributed by atoms with Gasteiger partial charge in [0.05, 0.1) is 22.6 Å². The van der Waals surface area contributed by atoms with Crippen molar-refractivity contribution in [2.24, 2.45) is 0 Å². The Morgan fingerprint density at radius 1 is 0.455 bits per heavy atom. The molecule has 2 nitrogen and oxygen atoms in total. The van der Waals surface area contributed by atoms with E-state index < -0.39 is 0 Å². The SMILES string of the molecule is C1=CC2c3cc(-c4cc5c6ccccc6n6c7ccccc7c(c4)c56)ccc3N(c3cccc(-c4ccccc4)c3)C2C=C1. The molecule has 44 heavy (non-hydrogen) atoms. The summed E-state index contributed by atoms with van der Waals surface area (Å²) in [5.74, 6) is 0.303. The van der Waals surface area contributed by atoms with Crippen LogP contribution in [0.4, 0.5) is 11.4 Å². The topological polar surface area (TPSA) is 7.65 Å². The van der Waals surface area contributed by atoms with E-state index in [4.69, 9.17) is 0 Å². The molecule has 0 N–H and O–H groups in total. The minimum absolute atomic E-state index is 0.251. The molecule has 2 atom stereocenters. The highest BCUT2D eigenvalue weighted by Gasteiger charge is 2.37. The Balaban J connectivity index is 1.16. The zero-order chi connectivity index (χ0) is 28.8. The Kier molecular flexibility index (Phi) is 4.86. The van der Waals surface area contributed by atoms with Crippen molar-refractivity contribution in [3.05, 3.63) is 163 Å². The maximum absolute atomic E-state index is 2.53. The van der Waals surface area contributed by atoms with Crippen LogP contribution in [0.2, 0.25) is 0 Å². The normalized spacial score (nSPS) is 17.3. The molecule has 206 valence electrons. The van der Waals surface area contributed by atoms with Gasteiger partial charge in [-0.2, -0.15) is 0 Å². The van der Waals surface area contributed by atoms with E-state index in [1.165, 1.54) is 77.3 Å². The first kappa shape index (κ1) is 23.9. The zero-order valence-electron chi connectivity index (χ0n) is 24.1. The molecule has 1 aliphatic heterocycles. The predicted molar refractivity (Wildman–Crippen MR) is 185 cm³/mol. The minimum atomic E-state index is 0.251. The number of aromatic nitrogens is 1. The first-order chi connectivity index (χ1) is 21.8.